The summed E-state index contributed by atoms with van der Waals surface area (Å²) in [4.78, 5) is 11.6. The zero-order valence-corrected chi connectivity index (χ0v) is 14.5. The van der Waals surface area contributed by atoms with E-state index in [1.165, 1.54) is 0 Å². The van der Waals surface area contributed by atoms with Gasteiger partial charge in [0.2, 0.25) is 0 Å². The Kier molecular flexibility index (Phi) is 5.14. The average molecular weight is 347 g/mol. The maximum absolute atomic E-state index is 5.45. The summed E-state index contributed by atoms with van der Waals surface area (Å²) in [5.41, 5.74) is 7.51. The van der Waals surface area contributed by atoms with E-state index >= 15 is 0 Å². The Morgan fingerprint density at radius 1 is 1.00 bits per heavy atom. The summed E-state index contributed by atoms with van der Waals surface area (Å²) in [5, 5.41) is 4.65. The summed E-state index contributed by atoms with van der Waals surface area (Å²) in [6.07, 6.45) is 1.80. The Bertz CT molecular complexity index is 891. The summed E-state index contributed by atoms with van der Waals surface area (Å²) in [6.45, 7) is 4.00. The number of nitrogens with zero attached hydrogens (tertiary/aromatic N) is 4. The van der Waals surface area contributed by atoms with Crippen LogP contribution in [0.15, 0.2) is 65.9 Å². The molecular weight excluding hydrogens is 326 g/mol. The lowest BCUT2D eigenvalue weighted by atomic mass is 10.2. The van der Waals surface area contributed by atoms with Crippen LogP contribution < -0.4 is 5.43 Å². The van der Waals surface area contributed by atoms with Crippen molar-refractivity contribution < 1.29 is 4.74 Å². The molecule has 2 aromatic carbocycles. The van der Waals surface area contributed by atoms with E-state index in [0.717, 1.165) is 54.4 Å². The molecule has 132 valence electrons. The second-order valence-electron chi connectivity index (χ2n) is 6.17. The molecule has 0 saturated carbocycles. The molecule has 6 heteroatoms. The number of anilines is 1. The highest BCUT2D eigenvalue weighted by Gasteiger charge is 2.16. The monoisotopic (exact) mass is 347 g/mol. The quantitative estimate of drug-likeness (QED) is 0.568. The number of hydrogen-bond acceptors (Lipinski definition) is 6. The molecule has 4 rings (SSSR count). The van der Waals surface area contributed by atoms with E-state index in [1.807, 2.05) is 54.6 Å². The van der Waals surface area contributed by atoms with E-state index in [1.54, 1.807) is 6.20 Å². The van der Waals surface area contributed by atoms with Crippen molar-refractivity contribution in [1.82, 2.24) is 14.9 Å². The molecule has 1 N–H and O–H groups in total. The first-order valence-electron chi connectivity index (χ1n) is 8.78. The highest BCUT2D eigenvalue weighted by Crippen LogP contribution is 2.11. The first-order chi connectivity index (χ1) is 12.9. The van der Waals surface area contributed by atoms with E-state index in [4.69, 9.17) is 9.72 Å². The van der Waals surface area contributed by atoms with Crippen molar-refractivity contribution in [3.63, 3.8) is 0 Å². The maximum Gasteiger partial charge on any atom is 0.107 e. The van der Waals surface area contributed by atoms with E-state index in [-0.39, 0.29) is 0 Å². The number of hydrazone groups is 1. The molecule has 0 amide bonds. The number of fused-ring (bicyclic) bond motifs is 1. The lowest BCUT2D eigenvalue weighted by Crippen LogP contribution is -2.40. The Labute approximate surface area is 152 Å². The summed E-state index contributed by atoms with van der Waals surface area (Å²) in [5.74, 6) is 0. The number of morpholine rings is 1. The molecule has 26 heavy (non-hydrogen) atoms. The number of hydrogen-bond donors (Lipinski definition) is 1. The third kappa shape index (κ3) is 4.04. The molecule has 2 heterocycles. The van der Waals surface area contributed by atoms with Crippen LogP contribution in [0.3, 0.4) is 0 Å². The van der Waals surface area contributed by atoms with E-state index in [0.29, 0.717) is 6.54 Å². The average Bonchev–Trinajstić information content (AvgIpc) is 2.72. The van der Waals surface area contributed by atoms with E-state index < -0.39 is 0 Å². The highest BCUT2D eigenvalue weighted by atomic mass is 16.5. The fraction of sp³-hybridized carbons (Fsp3) is 0.250. The van der Waals surface area contributed by atoms with E-state index in [9.17, 15) is 0 Å². The van der Waals surface area contributed by atoms with Gasteiger partial charge in [-0.1, -0.05) is 30.3 Å². The second kappa shape index (κ2) is 8.03. The molecule has 1 aliphatic rings. The Hall–Kier alpha value is -2.83. The number of ether oxygens (including phenoxy) is 1. The predicted molar refractivity (Wildman–Crippen MR) is 103 cm³/mol. The number of nitrogens with one attached hydrogen (secondary N) is 1. The van der Waals surface area contributed by atoms with Gasteiger partial charge >= 0.3 is 0 Å². The highest BCUT2D eigenvalue weighted by molar-refractivity contribution is 6.01. The molecule has 0 aliphatic carbocycles. The van der Waals surface area contributed by atoms with Crippen LogP contribution in [0.25, 0.3) is 11.0 Å². The normalized spacial score (nSPS) is 15.9. The zero-order valence-electron chi connectivity index (χ0n) is 14.5. The van der Waals surface area contributed by atoms with Gasteiger partial charge in [0.15, 0.2) is 0 Å². The first-order valence-corrected chi connectivity index (χ1v) is 8.78. The number of para-hydroxylation sites is 3. The van der Waals surface area contributed by atoms with Crippen LogP contribution in [-0.4, -0.2) is 53.4 Å². The summed E-state index contributed by atoms with van der Waals surface area (Å²) >= 11 is 0. The zero-order chi connectivity index (χ0) is 17.6. The summed E-state index contributed by atoms with van der Waals surface area (Å²) < 4.78 is 5.45. The minimum Gasteiger partial charge on any atom is -0.379 e. The first kappa shape index (κ1) is 16.6. The van der Waals surface area contributed by atoms with Gasteiger partial charge in [-0.05, 0) is 24.3 Å². The van der Waals surface area contributed by atoms with Crippen molar-refractivity contribution in [2.24, 2.45) is 5.10 Å². The minimum atomic E-state index is 0.705. The second-order valence-corrected chi connectivity index (χ2v) is 6.17. The Morgan fingerprint density at radius 2 is 1.73 bits per heavy atom. The van der Waals surface area contributed by atoms with Crippen molar-refractivity contribution in [1.29, 1.82) is 0 Å². The molecule has 1 fully saturated rings. The van der Waals surface area contributed by atoms with Crippen molar-refractivity contribution in [3.05, 3.63) is 66.5 Å². The molecule has 0 unspecified atom stereocenters. The lowest BCUT2D eigenvalue weighted by Gasteiger charge is -2.26. The van der Waals surface area contributed by atoms with Crippen LogP contribution in [0.4, 0.5) is 5.69 Å². The van der Waals surface area contributed by atoms with Crippen LogP contribution in [-0.2, 0) is 4.74 Å². The van der Waals surface area contributed by atoms with Gasteiger partial charge in [0, 0.05) is 19.6 Å². The predicted octanol–water partition coefficient (Wildman–Crippen LogP) is 2.78. The van der Waals surface area contributed by atoms with Gasteiger partial charge in [0.25, 0.3) is 0 Å². The molecule has 6 nitrogen and oxygen atoms in total. The van der Waals surface area contributed by atoms with E-state index in [2.05, 4.69) is 20.4 Å². The molecule has 1 aliphatic heterocycles. The van der Waals surface area contributed by atoms with Crippen LogP contribution in [0.1, 0.15) is 5.69 Å². The van der Waals surface area contributed by atoms with Crippen molar-refractivity contribution in [2.75, 3.05) is 38.3 Å². The molecule has 0 radical (unpaired) electrons. The number of rotatable bonds is 5. The Balaban J connectivity index is 1.63. The standard InChI is InChI=1S/C20H21N5O/c1-2-6-16(7-3-1)23-24-20(15-25-10-12-26-13-11-25)19-14-21-17-8-4-5-9-18(17)22-19/h1-9,14,23H,10-13,15H2/b24-20+. The van der Waals surface area contributed by atoms with Gasteiger partial charge in [0.05, 0.1) is 36.1 Å². The van der Waals surface area contributed by atoms with Gasteiger partial charge in [0.1, 0.15) is 11.4 Å². The van der Waals surface area contributed by atoms with Crippen LogP contribution in [0, 0.1) is 0 Å². The fourth-order valence-corrected chi connectivity index (χ4v) is 2.89. The minimum absolute atomic E-state index is 0.705. The molecule has 1 saturated heterocycles. The summed E-state index contributed by atoms with van der Waals surface area (Å²) in [7, 11) is 0. The van der Waals surface area contributed by atoms with Gasteiger partial charge in [-0.3, -0.25) is 15.3 Å². The van der Waals surface area contributed by atoms with Gasteiger partial charge in [-0.2, -0.15) is 5.10 Å². The topological polar surface area (TPSA) is 62.6 Å². The molecular formula is C20H21N5O. The number of benzene rings is 2. The number of aromatic nitrogens is 2. The van der Waals surface area contributed by atoms with Gasteiger partial charge < -0.3 is 4.74 Å². The maximum atomic E-state index is 5.45. The van der Waals surface area contributed by atoms with Crippen molar-refractivity contribution in [3.8, 4) is 0 Å². The third-order valence-corrected chi connectivity index (χ3v) is 4.32. The SMILES string of the molecule is c1ccc(N/N=C(\CN2CCOCC2)c2cnc3ccccc3n2)cc1. The fourth-order valence-electron chi connectivity index (χ4n) is 2.89. The Morgan fingerprint density at radius 3 is 2.54 bits per heavy atom. The largest absolute Gasteiger partial charge is 0.379 e. The van der Waals surface area contributed by atoms with Crippen LogP contribution >= 0.6 is 0 Å². The van der Waals surface area contributed by atoms with Gasteiger partial charge in [-0.25, -0.2) is 4.98 Å². The third-order valence-electron chi connectivity index (χ3n) is 4.32. The summed E-state index contributed by atoms with van der Waals surface area (Å²) in [6, 6.07) is 17.8. The van der Waals surface area contributed by atoms with Crippen LogP contribution in [0.2, 0.25) is 0 Å². The molecule has 1 aromatic heterocycles. The van der Waals surface area contributed by atoms with Crippen molar-refractivity contribution in [2.45, 2.75) is 0 Å². The lowest BCUT2D eigenvalue weighted by molar-refractivity contribution is 0.0453. The molecule has 0 bridgehead atoms. The van der Waals surface area contributed by atoms with Crippen LogP contribution in [0.5, 0.6) is 0 Å². The molecule has 0 spiro atoms. The smallest absolute Gasteiger partial charge is 0.107 e. The van der Waals surface area contributed by atoms with Crippen molar-refractivity contribution >= 4 is 22.4 Å². The molecule has 0 atom stereocenters. The van der Waals surface area contributed by atoms with Gasteiger partial charge in [-0.15, -0.1) is 0 Å². The molecule has 3 aromatic rings.